The molecular formula is C11H17N5. The molecular weight excluding hydrogens is 202 g/mol. The number of aromatic nitrogens is 4. The van der Waals surface area contributed by atoms with Gasteiger partial charge in [0.05, 0.1) is 18.3 Å². The molecule has 2 aromatic heterocycles. The lowest BCUT2D eigenvalue weighted by Gasteiger charge is -2.13. The van der Waals surface area contributed by atoms with Gasteiger partial charge in [-0.25, -0.2) is 9.97 Å². The molecule has 86 valence electrons. The van der Waals surface area contributed by atoms with Crippen molar-refractivity contribution in [1.29, 1.82) is 0 Å². The van der Waals surface area contributed by atoms with E-state index in [0.29, 0.717) is 6.04 Å². The standard InChI is InChI=1S/C11H17N5/c1-9(6-16-4-3-12-8-16)13-5-11-10(2)14-7-15-11/h3-4,7-9,13H,5-6H2,1-2H3,(H,14,15). The molecule has 2 heterocycles. The second-order valence-electron chi connectivity index (χ2n) is 4.02. The largest absolute Gasteiger partial charge is 0.348 e. The number of H-pyrrole nitrogens is 1. The Morgan fingerprint density at radius 1 is 1.56 bits per heavy atom. The molecule has 0 aliphatic rings. The highest BCUT2D eigenvalue weighted by molar-refractivity contribution is 5.08. The maximum absolute atomic E-state index is 4.25. The van der Waals surface area contributed by atoms with E-state index in [0.717, 1.165) is 24.5 Å². The van der Waals surface area contributed by atoms with Crippen LogP contribution in [0.3, 0.4) is 0 Å². The third-order valence-corrected chi connectivity index (χ3v) is 2.60. The van der Waals surface area contributed by atoms with Crippen LogP contribution in [0.1, 0.15) is 18.3 Å². The van der Waals surface area contributed by atoms with E-state index >= 15 is 0 Å². The summed E-state index contributed by atoms with van der Waals surface area (Å²) in [6.45, 7) is 5.90. The van der Waals surface area contributed by atoms with Gasteiger partial charge in [-0.1, -0.05) is 0 Å². The molecule has 0 aliphatic heterocycles. The zero-order valence-corrected chi connectivity index (χ0v) is 9.64. The van der Waals surface area contributed by atoms with Gasteiger partial charge in [0.2, 0.25) is 0 Å². The number of aryl methyl sites for hydroxylation is 1. The highest BCUT2D eigenvalue weighted by atomic mass is 15.1. The topological polar surface area (TPSA) is 58.5 Å². The smallest absolute Gasteiger partial charge is 0.0946 e. The van der Waals surface area contributed by atoms with E-state index in [2.05, 4.69) is 31.8 Å². The monoisotopic (exact) mass is 219 g/mol. The highest BCUT2D eigenvalue weighted by Crippen LogP contribution is 2.00. The first-order valence-corrected chi connectivity index (χ1v) is 5.43. The fourth-order valence-corrected chi connectivity index (χ4v) is 1.61. The summed E-state index contributed by atoms with van der Waals surface area (Å²) in [5, 5.41) is 3.43. The van der Waals surface area contributed by atoms with E-state index in [1.807, 2.05) is 19.4 Å². The molecule has 0 fully saturated rings. The summed E-state index contributed by atoms with van der Waals surface area (Å²) in [7, 11) is 0. The molecule has 1 atom stereocenters. The maximum Gasteiger partial charge on any atom is 0.0946 e. The Labute approximate surface area is 94.9 Å². The van der Waals surface area contributed by atoms with Crippen molar-refractivity contribution in [3.8, 4) is 0 Å². The quantitative estimate of drug-likeness (QED) is 0.791. The zero-order chi connectivity index (χ0) is 11.4. The van der Waals surface area contributed by atoms with Crippen LogP contribution in [0, 0.1) is 6.92 Å². The molecule has 5 heteroatoms. The fourth-order valence-electron chi connectivity index (χ4n) is 1.61. The van der Waals surface area contributed by atoms with Crippen LogP contribution in [0.25, 0.3) is 0 Å². The predicted octanol–water partition coefficient (Wildman–Crippen LogP) is 1.09. The lowest BCUT2D eigenvalue weighted by molar-refractivity contribution is 0.473. The number of nitrogens with one attached hydrogen (secondary N) is 2. The Morgan fingerprint density at radius 2 is 2.44 bits per heavy atom. The molecule has 2 N–H and O–H groups in total. The second-order valence-corrected chi connectivity index (χ2v) is 4.02. The maximum atomic E-state index is 4.25. The van der Waals surface area contributed by atoms with Crippen LogP contribution in [0.15, 0.2) is 25.0 Å². The summed E-state index contributed by atoms with van der Waals surface area (Å²) >= 11 is 0. The summed E-state index contributed by atoms with van der Waals surface area (Å²) in [6, 6.07) is 0.394. The van der Waals surface area contributed by atoms with Crippen molar-refractivity contribution >= 4 is 0 Å². The van der Waals surface area contributed by atoms with E-state index in [1.54, 1.807) is 12.5 Å². The zero-order valence-electron chi connectivity index (χ0n) is 9.64. The highest BCUT2D eigenvalue weighted by Gasteiger charge is 2.05. The Morgan fingerprint density at radius 3 is 3.06 bits per heavy atom. The van der Waals surface area contributed by atoms with Crippen molar-refractivity contribution in [2.24, 2.45) is 0 Å². The first kappa shape index (κ1) is 10.9. The lowest BCUT2D eigenvalue weighted by atomic mass is 10.3. The molecule has 0 saturated carbocycles. The van der Waals surface area contributed by atoms with Crippen molar-refractivity contribution in [1.82, 2.24) is 24.8 Å². The van der Waals surface area contributed by atoms with Gasteiger partial charge in [-0.15, -0.1) is 0 Å². The number of nitrogens with zero attached hydrogens (tertiary/aromatic N) is 3. The summed E-state index contributed by atoms with van der Waals surface area (Å²) in [5.41, 5.74) is 2.21. The van der Waals surface area contributed by atoms with E-state index < -0.39 is 0 Å². The minimum absolute atomic E-state index is 0.394. The molecule has 16 heavy (non-hydrogen) atoms. The first-order chi connectivity index (χ1) is 7.75. The van der Waals surface area contributed by atoms with Gasteiger partial charge in [0.1, 0.15) is 0 Å². The number of hydrogen-bond donors (Lipinski definition) is 2. The van der Waals surface area contributed by atoms with Crippen molar-refractivity contribution in [2.75, 3.05) is 0 Å². The average Bonchev–Trinajstić information content (AvgIpc) is 2.87. The average molecular weight is 219 g/mol. The fraction of sp³-hybridized carbons (Fsp3) is 0.455. The number of rotatable bonds is 5. The van der Waals surface area contributed by atoms with Crippen LogP contribution in [0.4, 0.5) is 0 Å². The summed E-state index contributed by atoms with van der Waals surface area (Å²) in [4.78, 5) is 11.3. The molecule has 2 rings (SSSR count). The third-order valence-electron chi connectivity index (χ3n) is 2.60. The molecule has 0 bridgehead atoms. The van der Waals surface area contributed by atoms with Crippen molar-refractivity contribution in [2.45, 2.75) is 33.0 Å². The Hall–Kier alpha value is -1.62. The van der Waals surface area contributed by atoms with Crippen LogP contribution in [-0.4, -0.2) is 25.6 Å². The summed E-state index contributed by atoms with van der Waals surface area (Å²) in [5.74, 6) is 0. The van der Waals surface area contributed by atoms with Crippen LogP contribution in [-0.2, 0) is 13.1 Å². The summed E-state index contributed by atoms with van der Waals surface area (Å²) in [6.07, 6.45) is 7.33. The molecule has 0 saturated heterocycles. The molecule has 0 spiro atoms. The van der Waals surface area contributed by atoms with Gasteiger partial charge in [-0.3, -0.25) is 0 Å². The molecule has 2 aromatic rings. The van der Waals surface area contributed by atoms with E-state index in [-0.39, 0.29) is 0 Å². The van der Waals surface area contributed by atoms with Crippen LogP contribution in [0.5, 0.6) is 0 Å². The second kappa shape index (κ2) is 4.94. The molecule has 0 aromatic carbocycles. The van der Waals surface area contributed by atoms with E-state index in [9.17, 15) is 0 Å². The number of aromatic amines is 1. The lowest BCUT2D eigenvalue weighted by Crippen LogP contribution is -2.29. The van der Waals surface area contributed by atoms with Crippen LogP contribution >= 0.6 is 0 Å². The Kier molecular flexibility index (Phi) is 3.36. The third kappa shape index (κ3) is 2.70. The van der Waals surface area contributed by atoms with Crippen LogP contribution in [0.2, 0.25) is 0 Å². The first-order valence-electron chi connectivity index (χ1n) is 5.43. The summed E-state index contributed by atoms with van der Waals surface area (Å²) < 4.78 is 2.06. The van der Waals surface area contributed by atoms with Crippen molar-refractivity contribution in [3.63, 3.8) is 0 Å². The van der Waals surface area contributed by atoms with E-state index in [4.69, 9.17) is 0 Å². The van der Waals surface area contributed by atoms with Crippen molar-refractivity contribution < 1.29 is 0 Å². The molecule has 0 radical (unpaired) electrons. The SMILES string of the molecule is Cc1[nH]cnc1CNC(C)Cn1ccnc1. The van der Waals surface area contributed by atoms with Crippen molar-refractivity contribution in [3.05, 3.63) is 36.4 Å². The minimum atomic E-state index is 0.394. The van der Waals surface area contributed by atoms with Gasteiger partial charge in [0, 0.05) is 37.2 Å². The minimum Gasteiger partial charge on any atom is -0.348 e. The molecule has 5 nitrogen and oxygen atoms in total. The molecule has 0 aliphatic carbocycles. The normalized spacial score (nSPS) is 12.9. The van der Waals surface area contributed by atoms with Crippen LogP contribution < -0.4 is 5.32 Å². The number of hydrogen-bond acceptors (Lipinski definition) is 3. The molecule has 0 amide bonds. The van der Waals surface area contributed by atoms with Gasteiger partial charge in [-0.05, 0) is 13.8 Å². The molecule has 1 unspecified atom stereocenters. The van der Waals surface area contributed by atoms with Gasteiger partial charge >= 0.3 is 0 Å². The van der Waals surface area contributed by atoms with Gasteiger partial charge < -0.3 is 14.9 Å². The van der Waals surface area contributed by atoms with E-state index in [1.165, 1.54) is 0 Å². The van der Waals surface area contributed by atoms with Gasteiger partial charge in [-0.2, -0.15) is 0 Å². The van der Waals surface area contributed by atoms with Gasteiger partial charge in [0.15, 0.2) is 0 Å². The Balaban J connectivity index is 1.80. The Bertz CT molecular complexity index is 417. The number of imidazole rings is 2. The predicted molar refractivity (Wildman–Crippen MR) is 61.9 cm³/mol. The van der Waals surface area contributed by atoms with Gasteiger partial charge in [0.25, 0.3) is 0 Å².